The Morgan fingerprint density at radius 1 is 1.25 bits per heavy atom. The first-order chi connectivity index (χ1) is 5.55. The average Bonchev–Trinajstić information content (AvgIpc) is 2.63. The first-order valence-corrected chi connectivity index (χ1v) is 5.33. The maximum Gasteiger partial charge on any atom is 0.0372 e. The Morgan fingerprint density at radius 3 is 2.17 bits per heavy atom. The molecule has 2 fully saturated rings. The number of hydrogen-bond donors (Lipinski definition) is 0. The molecule has 1 heteroatoms. The summed E-state index contributed by atoms with van der Waals surface area (Å²) >= 11 is 0. The molecule has 6 atom stereocenters. The molecule has 2 unspecified atom stereocenters. The third kappa shape index (κ3) is 0.693. The zero-order chi connectivity index (χ0) is 9.09. The lowest BCUT2D eigenvalue weighted by Gasteiger charge is -2.22. The van der Waals surface area contributed by atoms with Gasteiger partial charge in [0.15, 0.2) is 0 Å². The van der Waals surface area contributed by atoms with E-state index in [2.05, 4.69) is 39.5 Å². The predicted octanol–water partition coefficient (Wildman–Crippen LogP) is 2.51. The first kappa shape index (κ1) is 8.55. The van der Waals surface area contributed by atoms with Gasteiger partial charge in [-0.05, 0) is 32.1 Å². The molecule has 12 heavy (non-hydrogen) atoms. The number of nitrogens with zero attached hydrogens (tertiary/aromatic N) is 1. The van der Waals surface area contributed by atoms with E-state index >= 15 is 0 Å². The zero-order valence-electron chi connectivity index (χ0n) is 8.96. The van der Waals surface area contributed by atoms with E-state index in [1.54, 1.807) is 0 Å². The van der Waals surface area contributed by atoms with Crippen LogP contribution in [-0.2, 0) is 0 Å². The molecule has 2 aliphatic heterocycles. The van der Waals surface area contributed by atoms with E-state index in [0.717, 1.165) is 23.9 Å². The van der Waals surface area contributed by atoms with Crippen LogP contribution in [0.4, 0.5) is 0 Å². The van der Waals surface area contributed by atoms with Gasteiger partial charge in [-0.25, -0.2) is 0 Å². The van der Waals surface area contributed by atoms with Crippen molar-refractivity contribution in [2.75, 3.05) is 0 Å². The summed E-state index contributed by atoms with van der Waals surface area (Å²) in [6.07, 6.45) is 1.33. The molecular weight excluding hydrogens is 146 g/mol. The molecule has 0 saturated carbocycles. The highest BCUT2D eigenvalue weighted by Gasteiger charge is 2.68. The smallest absolute Gasteiger partial charge is 0.0372 e. The molecule has 0 radical (unpaired) electrons. The Hall–Kier alpha value is -0.0400. The predicted molar refractivity (Wildman–Crippen MR) is 52.1 cm³/mol. The molecule has 0 aliphatic carbocycles. The van der Waals surface area contributed by atoms with E-state index in [0.29, 0.717) is 5.54 Å². The molecule has 2 rings (SSSR count). The monoisotopic (exact) mass is 167 g/mol. The summed E-state index contributed by atoms with van der Waals surface area (Å²) in [5, 5.41) is 0. The second-order valence-corrected chi connectivity index (χ2v) is 4.95. The van der Waals surface area contributed by atoms with Crippen molar-refractivity contribution in [1.29, 1.82) is 0 Å². The van der Waals surface area contributed by atoms with Gasteiger partial charge in [0.1, 0.15) is 0 Å². The topological polar surface area (TPSA) is 3.01 Å². The molecule has 70 valence electrons. The largest absolute Gasteiger partial charge is 0.288 e. The van der Waals surface area contributed by atoms with Gasteiger partial charge in [-0.2, -0.15) is 0 Å². The Balaban J connectivity index is 2.21. The summed E-state index contributed by atoms with van der Waals surface area (Å²) in [5.41, 5.74) is 0.563. The maximum absolute atomic E-state index is 2.72. The van der Waals surface area contributed by atoms with Crippen LogP contribution in [0.5, 0.6) is 0 Å². The van der Waals surface area contributed by atoms with Crippen molar-refractivity contribution < 1.29 is 0 Å². The van der Waals surface area contributed by atoms with Gasteiger partial charge in [0.2, 0.25) is 0 Å². The van der Waals surface area contributed by atoms with Crippen molar-refractivity contribution in [3.63, 3.8) is 0 Å². The molecule has 2 aliphatic rings. The van der Waals surface area contributed by atoms with Gasteiger partial charge >= 0.3 is 0 Å². The van der Waals surface area contributed by atoms with Gasteiger partial charge in [-0.3, -0.25) is 4.90 Å². The molecule has 0 amide bonds. The molecule has 1 nitrogen and oxygen atoms in total. The molecule has 0 bridgehead atoms. The highest BCUT2D eigenvalue weighted by molar-refractivity contribution is 5.23. The van der Waals surface area contributed by atoms with Crippen LogP contribution in [0.1, 0.15) is 41.0 Å². The lowest BCUT2D eigenvalue weighted by molar-refractivity contribution is 0.307. The standard InChI is InChI=1S/C11H21N/c1-6-10-11(5)8(3)7(2)9(4)12(10)11/h7-10H,6H2,1-5H3/t7-,8+,9-,10?,11+,12?/m0/s1. The molecule has 0 aromatic rings. The fraction of sp³-hybridized carbons (Fsp3) is 1.00. The van der Waals surface area contributed by atoms with Crippen molar-refractivity contribution in [2.45, 2.75) is 58.7 Å². The van der Waals surface area contributed by atoms with Gasteiger partial charge in [0.05, 0.1) is 0 Å². The summed E-state index contributed by atoms with van der Waals surface area (Å²) in [5.74, 6) is 1.77. The second-order valence-electron chi connectivity index (χ2n) is 4.95. The fourth-order valence-electron chi connectivity index (χ4n) is 3.58. The summed E-state index contributed by atoms with van der Waals surface area (Å²) in [6, 6.07) is 1.70. The lowest BCUT2D eigenvalue weighted by Crippen LogP contribution is -2.27. The SMILES string of the molecule is CCC1N2[C@@H](C)[C@@H](C)[C@@H](C)[C@]12C. The maximum atomic E-state index is 2.72. The number of piperidine rings is 1. The third-order valence-corrected chi connectivity index (χ3v) is 4.80. The van der Waals surface area contributed by atoms with Gasteiger partial charge in [-0.15, -0.1) is 0 Å². The molecular formula is C11H21N. The summed E-state index contributed by atoms with van der Waals surface area (Å²) in [4.78, 5) is 2.72. The van der Waals surface area contributed by atoms with Crippen LogP contribution >= 0.6 is 0 Å². The van der Waals surface area contributed by atoms with Crippen LogP contribution in [0.25, 0.3) is 0 Å². The number of fused-ring (bicyclic) bond motifs is 1. The Bertz CT molecular complexity index is 199. The molecule has 0 aromatic carbocycles. The van der Waals surface area contributed by atoms with Crippen molar-refractivity contribution in [1.82, 2.24) is 4.90 Å². The normalized spacial score (nSPS) is 63.2. The van der Waals surface area contributed by atoms with Crippen LogP contribution in [-0.4, -0.2) is 22.5 Å². The van der Waals surface area contributed by atoms with Crippen molar-refractivity contribution in [2.24, 2.45) is 11.8 Å². The highest BCUT2D eigenvalue weighted by atomic mass is 15.4. The second kappa shape index (κ2) is 2.25. The minimum atomic E-state index is 0.563. The summed E-state index contributed by atoms with van der Waals surface area (Å²) in [6.45, 7) is 12.0. The van der Waals surface area contributed by atoms with Crippen LogP contribution in [0.2, 0.25) is 0 Å². The van der Waals surface area contributed by atoms with E-state index in [1.807, 2.05) is 0 Å². The van der Waals surface area contributed by atoms with Crippen LogP contribution in [0, 0.1) is 11.8 Å². The summed E-state index contributed by atoms with van der Waals surface area (Å²) in [7, 11) is 0. The lowest BCUT2D eigenvalue weighted by atomic mass is 9.81. The van der Waals surface area contributed by atoms with Gasteiger partial charge < -0.3 is 0 Å². The van der Waals surface area contributed by atoms with Crippen molar-refractivity contribution in [3.05, 3.63) is 0 Å². The minimum Gasteiger partial charge on any atom is -0.288 e. The minimum absolute atomic E-state index is 0.563. The third-order valence-electron chi connectivity index (χ3n) is 4.80. The van der Waals surface area contributed by atoms with Crippen molar-refractivity contribution in [3.8, 4) is 0 Å². The van der Waals surface area contributed by atoms with Gasteiger partial charge in [0, 0.05) is 17.6 Å². The molecule has 2 saturated heterocycles. The highest BCUT2D eigenvalue weighted by Crippen LogP contribution is 2.59. The quantitative estimate of drug-likeness (QED) is 0.542. The zero-order valence-corrected chi connectivity index (χ0v) is 8.96. The van der Waals surface area contributed by atoms with E-state index in [-0.39, 0.29) is 0 Å². The average molecular weight is 167 g/mol. The Labute approximate surface area is 76.1 Å². The van der Waals surface area contributed by atoms with E-state index in [4.69, 9.17) is 0 Å². The van der Waals surface area contributed by atoms with E-state index in [9.17, 15) is 0 Å². The molecule has 0 aromatic heterocycles. The molecule has 2 heterocycles. The Morgan fingerprint density at radius 2 is 1.83 bits per heavy atom. The Kier molecular flexibility index (Phi) is 1.61. The fourth-order valence-corrected chi connectivity index (χ4v) is 3.58. The first-order valence-electron chi connectivity index (χ1n) is 5.33. The van der Waals surface area contributed by atoms with Crippen molar-refractivity contribution >= 4 is 0 Å². The van der Waals surface area contributed by atoms with Crippen LogP contribution in [0.15, 0.2) is 0 Å². The van der Waals surface area contributed by atoms with E-state index in [1.165, 1.54) is 6.42 Å². The molecule has 0 spiro atoms. The van der Waals surface area contributed by atoms with Crippen LogP contribution < -0.4 is 0 Å². The van der Waals surface area contributed by atoms with Gasteiger partial charge in [-0.1, -0.05) is 20.8 Å². The van der Waals surface area contributed by atoms with E-state index < -0.39 is 0 Å². The van der Waals surface area contributed by atoms with Gasteiger partial charge in [0.25, 0.3) is 0 Å². The number of hydrogen-bond acceptors (Lipinski definition) is 1. The van der Waals surface area contributed by atoms with Crippen LogP contribution in [0.3, 0.4) is 0 Å². The summed E-state index contributed by atoms with van der Waals surface area (Å²) < 4.78 is 0. The number of rotatable bonds is 1. The molecule has 0 N–H and O–H groups in total.